The number of hydrogen-bond acceptors (Lipinski definition) is 3. The highest BCUT2D eigenvalue weighted by molar-refractivity contribution is 7.11. The van der Waals surface area contributed by atoms with Gasteiger partial charge in [0.15, 0.2) is 0 Å². The first-order valence-corrected chi connectivity index (χ1v) is 4.96. The molecule has 1 aromatic rings. The zero-order chi connectivity index (χ0) is 10.4. The second kappa shape index (κ2) is 5.36. The van der Waals surface area contributed by atoms with Gasteiger partial charge in [-0.2, -0.15) is 0 Å². The van der Waals surface area contributed by atoms with Gasteiger partial charge >= 0.3 is 5.97 Å². The molecule has 0 saturated heterocycles. The Labute approximate surface area is 86.2 Å². The first-order chi connectivity index (χ1) is 6.72. The van der Waals surface area contributed by atoms with Gasteiger partial charge in [-0.15, -0.1) is 11.3 Å². The molecule has 1 aromatic heterocycles. The first kappa shape index (κ1) is 10.7. The zero-order valence-corrected chi connectivity index (χ0v) is 8.33. The number of carboxylic acids is 1. The number of aliphatic carboxylic acids is 1. The third-order valence-electron chi connectivity index (χ3n) is 1.48. The Kier molecular flexibility index (Phi) is 4.10. The predicted molar refractivity (Wildman–Crippen MR) is 59.1 cm³/mol. The Morgan fingerprint density at radius 1 is 1.57 bits per heavy atom. The fraction of sp³-hybridized carbons (Fsp3) is 0.100. The summed E-state index contributed by atoms with van der Waals surface area (Å²) in [5.41, 5.74) is 6.35. The lowest BCUT2D eigenvalue weighted by Gasteiger charge is -1.82. The van der Waals surface area contributed by atoms with E-state index in [0.29, 0.717) is 6.54 Å². The summed E-state index contributed by atoms with van der Waals surface area (Å²) in [6.07, 6.45) is 6.47. The minimum Gasteiger partial charge on any atom is -0.478 e. The summed E-state index contributed by atoms with van der Waals surface area (Å²) in [6.45, 7) is 0.510. The molecule has 74 valence electrons. The Morgan fingerprint density at radius 3 is 3.00 bits per heavy atom. The number of hydrogen-bond donors (Lipinski definition) is 2. The van der Waals surface area contributed by atoms with Gasteiger partial charge < -0.3 is 10.8 Å². The molecule has 0 radical (unpaired) electrons. The minimum absolute atomic E-state index is 0.510. The summed E-state index contributed by atoms with van der Waals surface area (Å²) in [5.74, 6) is -0.933. The molecule has 1 rings (SSSR count). The van der Waals surface area contributed by atoms with Gasteiger partial charge in [0.25, 0.3) is 0 Å². The fourth-order valence-corrected chi connectivity index (χ4v) is 1.67. The van der Waals surface area contributed by atoms with Crippen LogP contribution < -0.4 is 5.73 Å². The van der Waals surface area contributed by atoms with E-state index in [1.165, 1.54) is 11.3 Å². The molecule has 4 heteroatoms. The lowest BCUT2D eigenvalue weighted by molar-refractivity contribution is -0.131. The Balaban J connectivity index is 2.68. The van der Waals surface area contributed by atoms with E-state index in [1.807, 2.05) is 23.6 Å². The highest BCUT2D eigenvalue weighted by Crippen LogP contribution is 2.17. The van der Waals surface area contributed by atoms with Crippen LogP contribution in [0.4, 0.5) is 0 Å². The summed E-state index contributed by atoms with van der Waals surface area (Å²) < 4.78 is 0. The van der Waals surface area contributed by atoms with E-state index in [2.05, 4.69) is 0 Å². The number of carboxylic acid groups (broad SMARTS) is 1. The number of nitrogens with two attached hydrogens (primary N) is 1. The summed E-state index contributed by atoms with van der Waals surface area (Å²) in [5, 5.41) is 10.4. The third-order valence-corrected chi connectivity index (χ3v) is 2.39. The van der Waals surface area contributed by atoms with Crippen LogP contribution in [0, 0.1) is 0 Å². The van der Waals surface area contributed by atoms with Crippen molar-refractivity contribution < 1.29 is 9.90 Å². The molecule has 3 nitrogen and oxygen atoms in total. The van der Waals surface area contributed by atoms with E-state index >= 15 is 0 Å². The van der Waals surface area contributed by atoms with E-state index in [-0.39, 0.29) is 0 Å². The quantitative estimate of drug-likeness (QED) is 0.743. The molecule has 0 spiro atoms. The molecule has 0 amide bonds. The monoisotopic (exact) mass is 209 g/mol. The maximum absolute atomic E-state index is 10.2. The van der Waals surface area contributed by atoms with E-state index in [0.717, 1.165) is 16.5 Å². The van der Waals surface area contributed by atoms with Crippen molar-refractivity contribution in [2.24, 2.45) is 5.73 Å². The highest BCUT2D eigenvalue weighted by atomic mass is 32.1. The Morgan fingerprint density at radius 2 is 2.36 bits per heavy atom. The normalized spacial score (nSPS) is 11.5. The molecular weight excluding hydrogens is 198 g/mol. The lowest BCUT2D eigenvalue weighted by atomic mass is 10.3. The summed E-state index contributed by atoms with van der Waals surface area (Å²) in [4.78, 5) is 11.2. The number of carbonyl (C=O) groups is 1. The lowest BCUT2D eigenvalue weighted by Crippen LogP contribution is -1.91. The van der Waals surface area contributed by atoms with Crippen LogP contribution in [0.1, 0.15) is 10.4 Å². The van der Waals surface area contributed by atoms with Crippen LogP contribution in [0.25, 0.3) is 12.2 Å². The molecule has 0 aliphatic carbocycles. The van der Waals surface area contributed by atoms with Crippen LogP contribution in [0.15, 0.2) is 23.6 Å². The van der Waals surface area contributed by atoms with Crippen molar-refractivity contribution in [3.8, 4) is 0 Å². The van der Waals surface area contributed by atoms with Gasteiger partial charge in [-0.25, -0.2) is 4.79 Å². The average Bonchev–Trinajstić information content (AvgIpc) is 2.59. The van der Waals surface area contributed by atoms with Gasteiger partial charge in [-0.3, -0.25) is 0 Å². The molecular formula is C10H11NO2S. The Bertz CT molecular complexity index is 366. The van der Waals surface area contributed by atoms with Crippen LogP contribution in [0.5, 0.6) is 0 Å². The van der Waals surface area contributed by atoms with Gasteiger partial charge in [-0.1, -0.05) is 12.2 Å². The smallest absolute Gasteiger partial charge is 0.328 e. The summed E-state index contributed by atoms with van der Waals surface area (Å²) >= 11 is 1.50. The SMILES string of the molecule is NCC=Cc1csc(/C=C/C(=O)O)c1. The molecule has 0 unspecified atom stereocenters. The summed E-state index contributed by atoms with van der Waals surface area (Å²) in [6, 6.07) is 1.91. The largest absolute Gasteiger partial charge is 0.478 e. The molecule has 1 heterocycles. The van der Waals surface area contributed by atoms with Crippen molar-refractivity contribution in [2.45, 2.75) is 0 Å². The van der Waals surface area contributed by atoms with Crippen LogP contribution in [-0.2, 0) is 4.79 Å². The second-order valence-electron chi connectivity index (χ2n) is 2.59. The maximum Gasteiger partial charge on any atom is 0.328 e. The second-order valence-corrected chi connectivity index (χ2v) is 3.53. The molecule has 14 heavy (non-hydrogen) atoms. The minimum atomic E-state index is -0.933. The molecule has 0 aliphatic heterocycles. The van der Waals surface area contributed by atoms with Crippen molar-refractivity contribution in [2.75, 3.05) is 6.54 Å². The van der Waals surface area contributed by atoms with Crippen molar-refractivity contribution in [3.05, 3.63) is 34.0 Å². The average molecular weight is 209 g/mol. The maximum atomic E-state index is 10.2. The molecule has 0 atom stereocenters. The molecule has 0 fully saturated rings. The van der Waals surface area contributed by atoms with Gasteiger partial charge in [-0.05, 0) is 23.1 Å². The van der Waals surface area contributed by atoms with E-state index in [1.54, 1.807) is 6.08 Å². The molecule has 0 aliphatic rings. The standard InChI is InChI=1S/C10H11NO2S/c11-5-1-2-8-6-9(14-7-8)3-4-10(12)13/h1-4,6-7H,5,11H2,(H,12,13)/b2-1?,4-3+. The highest BCUT2D eigenvalue weighted by Gasteiger charge is 1.94. The number of rotatable bonds is 4. The molecule has 0 aromatic carbocycles. The predicted octanol–water partition coefficient (Wildman–Crippen LogP) is 1.82. The van der Waals surface area contributed by atoms with Crippen LogP contribution in [0.3, 0.4) is 0 Å². The van der Waals surface area contributed by atoms with E-state index in [4.69, 9.17) is 10.8 Å². The van der Waals surface area contributed by atoms with Crippen LogP contribution in [-0.4, -0.2) is 17.6 Å². The Hall–Kier alpha value is -1.39. The molecule has 0 bridgehead atoms. The van der Waals surface area contributed by atoms with E-state index in [9.17, 15) is 4.79 Å². The van der Waals surface area contributed by atoms with Crippen molar-refractivity contribution in [1.82, 2.24) is 0 Å². The summed E-state index contributed by atoms with van der Waals surface area (Å²) in [7, 11) is 0. The fourth-order valence-electron chi connectivity index (χ4n) is 0.901. The molecule has 3 N–H and O–H groups in total. The number of thiophene rings is 1. The van der Waals surface area contributed by atoms with Gasteiger partial charge in [0, 0.05) is 17.5 Å². The van der Waals surface area contributed by atoms with Crippen LogP contribution >= 0.6 is 11.3 Å². The zero-order valence-electron chi connectivity index (χ0n) is 7.51. The topological polar surface area (TPSA) is 63.3 Å². The van der Waals surface area contributed by atoms with Crippen LogP contribution in [0.2, 0.25) is 0 Å². The van der Waals surface area contributed by atoms with Crippen molar-refractivity contribution in [1.29, 1.82) is 0 Å². The van der Waals surface area contributed by atoms with Crippen molar-refractivity contribution >= 4 is 29.5 Å². The first-order valence-electron chi connectivity index (χ1n) is 4.08. The van der Waals surface area contributed by atoms with Gasteiger partial charge in [0.2, 0.25) is 0 Å². The van der Waals surface area contributed by atoms with Crippen molar-refractivity contribution in [3.63, 3.8) is 0 Å². The third kappa shape index (κ3) is 3.55. The molecule has 0 saturated carbocycles. The van der Waals surface area contributed by atoms with Gasteiger partial charge in [0.05, 0.1) is 0 Å². The van der Waals surface area contributed by atoms with Gasteiger partial charge in [0.1, 0.15) is 0 Å². The van der Waals surface area contributed by atoms with E-state index < -0.39 is 5.97 Å².